The first kappa shape index (κ1) is 11.7. The Morgan fingerprint density at radius 3 is 3.00 bits per heavy atom. The van der Waals surface area contributed by atoms with Crippen LogP contribution in [0.1, 0.15) is 25.7 Å². The van der Waals surface area contributed by atoms with E-state index in [2.05, 4.69) is 5.32 Å². The first-order valence-corrected chi connectivity index (χ1v) is 6.54. The van der Waals surface area contributed by atoms with Crippen LogP contribution in [0.2, 0.25) is 0 Å². The lowest BCUT2D eigenvalue weighted by Crippen LogP contribution is -2.30. The predicted octanol–water partition coefficient (Wildman–Crippen LogP) is 2.78. The van der Waals surface area contributed by atoms with Gasteiger partial charge in [-0.15, -0.1) is 0 Å². The van der Waals surface area contributed by atoms with Crippen molar-refractivity contribution in [1.29, 1.82) is 0 Å². The number of ether oxygens (including phenoxy) is 3. The fraction of sp³-hybridized carbons (Fsp3) is 0.571. The summed E-state index contributed by atoms with van der Waals surface area (Å²) in [5.41, 5.74) is 1.10. The highest BCUT2D eigenvalue weighted by Crippen LogP contribution is 2.35. The van der Waals surface area contributed by atoms with Crippen LogP contribution in [-0.2, 0) is 4.74 Å². The minimum atomic E-state index is 0.327. The number of hydrogen-bond donors (Lipinski definition) is 1. The van der Waals surface area contributed by atoms with E-state index >= 15 is 0 Å². The van der Waals surface area contributed by atoms with Crippen molar-refractivity contribution >= 4 is 5.69 Å². The second-order valence-electron chi connectivity index (χ2n) is 4.93. The van der Waals surface area contributed by atoms with E-state index in [1.165, 1.54) is 19.3 Å². The molecule has 1 aromatic carbocycles. The number of methoxy groups -OCH3 is 1. The van der Waals surface area contributed by atoms with Crippen molar-refractivity contribution in [3.63, 3.8) is 0 Å². The average molecular weight is 249 g/mol. The molecule has 1 heterocycles. The quantitative estimate of drug-likeness (QED) is 0.894. The summed E-state index contributed by atoms with van der Waals surface area (Å²) in [6.07, 6.45) is 5.07. The monoisotopic (exact) mass is 249 g/mol. The van der Waals surface area contributed by atoms with E-state index in [0.29, 0.717) is 18.9 Å². The van der Waals surface area contributed by atoms with Gasteiger partial charge in [-0.1, -0.05) is 0 Å². The Hall–Kier alpha value is -1.42. The van der Waals surface area contributed by atoms with Crippen molar-refractivity contribution in [2.45, 2.75) is 37.8 Å². The van der Waals surface area contributed by atoms with Crippen LogP contribution >= 0.6 is 0 Å². The third-order valence-corrected chi connectivity index (χ3v) is 3.70. The van der Waals surface area contributed by atoms with E-state index in [-0.39, 0.29) is 0 Å². The van der Waals surface area contributed by atoms with Gasteiger partial charge in [-0.05, 0) is 37.8 Å². The lowest BCUT2D eigenvalue weighted by Gasteiger charge is -2.29. The van der Waals surface area contributed by atoms with Crippen molar-refractivity contribution in [3.05, 3.63) is 18.2 Å². The Labute approximate surface area is 107 Å². The van der Waals surface area contributed by atoms with Gasteiger partial charge in [-0.25, -0.2) is 0 Å². The van der Waals surface area contributed by atoms with Gasteiger partial charge in [0.05, 0.1) is 6.10 Å². The molecule has 1 aliphatic heterocycles. The lowest BCUT2D eigenvalue weighted by molar-refractivity contribution is 0.0669. The molecule has 0 bridgehead atoms. The molecule has 2 unspecified atom stereocenters. The maximum absolute atomic E-state index is 5.45. The Balaban J connectivity index is 1.65. The van der Waals surface area contributed by atoms with Crippen LogP contribution in [0, 0.1) is 0 Å². The zero-order valence-corrected chi connectivity index (χ0v) is 10.6. The molecular weight excluding hydrogens is 230 g/mol. The van der Waals surface area contributed by atoms with Crippen molar-refractivity contribution < 1.29 is 14.2 Å². The molecule has 1 saturated carbocycles. The molecule has 98 valence electrons. The molecule has 1 aromatic rings. The molecule has 1 aliphatic carbocycles. The summed E-state index contributed by atoms with van der Waals surface area (Å²) in [6, 6.07) is 6.51. The second kappa shape index (κ2) is 5.06. The summed E-state index contributed by atoms with van der Waals surface area (Å²) in [7, 11) is 1.80. The van der Waals surface area contributed by atoms with E-state index in [4.69, 9.17) is 14.2 Å². The Kier molecular flexibility index (Phi) is 3.28. The molecular formula is C14H19NO3. The van der Waals surface area contributed by atoms with Crippen LogP contribution in [0.5, 0.6) is 11.5 Å². The van der Waals surface area contributed by atoms with Crippen molar-refractivity contribution in [2.75, 3.05) is 19.2 Å². The third kappa shape index (κ3) is 2.38. The molecule has 0 saturated heterocycles. The molecule has 4 nitrogen and oxygen atoms in total. The standard InChI is InChI=1S/C14H19NO3/c1-16-12-4-2-3-10(7-12)15-11-5-6-13-14(8-11)18-9-17-13/h5-6,8,10,12,15H,2-4,7,9H2,1H3. The highest BCUT2D eigenvalue weighted by Gasteiger charge is 2.22. The topological polar surface area (TPSA) is 39.7 Å². The van der Waals surface area contributed by atoms with E-state index in [0.717, 1.165) is 23.6 Å². The highest BCUT2D eigenvalue weighted by molar-refractivity contribution is 5.56. The summed E-state index contributed by atoms with van der Waals surface area (Å²) in [4.78, 5) is 0. The maximum atomic E-state index is 5.45. The number of hydrogen-bond acceptors (Lipinski definition) is 4. The first-order valence-electron chi connectivity index (χ1n) is 6.54. The van der Waals surface area contributed by atoms with Gasteiger partial charge in [0.15, 0.2) is 11.5 Å². The molecule has 0 radical (unpaired) electrons. The molecule has 1 fully saturated rings. The summed E-state index contributed by atoms with van der Waals surface area (Å²) in [5.74, 6) is 1.66. The number of benzene rings is 1. The molecule has 1 N–H and O–H groups in total. The number of anilines is 1. The van der Waals surface area contributed by atoms with Crippen molar-refractivity contribution in [1.82, 2.24) is 0 Å². The zero-order valence-electron chi connectivity index (χ0n) is 10.6. The molecule has 0 amide bonds. The van der Waals surface area contributed by atoms with Gasteiger partial charge < -0.3 is 19.5 Å². The molecule has 3 rings (SSSR count). The van der Waals surface area contributed by atoms with Gasteiger partial charge in [0.25, 0.3) is 0 Å². The largest absolute Gasteiger partial charge is 0.454 e. The van der Waals surface area contributed by atoms with Crippen LogP contribution in [0.25, 0.3) is 0 Å². The molecule has 4 heteroatoms. The van der Waals surface area contributed by atoms with Gasteiger partial charge in [-0.2, -0.15) is 0 Å². The summed E-state index contributed by atoms with van der Waals surface area (Å²) < 4.78 is 16.1. The van der Waals surface area contributed by atoms with Gasteiger partial charge in [-0.3, -0.25) is 0 Å². The molecule has 0 aromatic heterocycles. The van der Waals surface area contributed by atoms with Crippen LogP contribution in [0.3, 0.4) is 0 Å². The summed E-state index contributed by atoms with van der Waals surface area (Å²) >= 11 is 0. The summed E-state index contributed by atoms with van der Waals surface area (Å²) in [6.45, 7) is 0.327. The fourth-order valence-corrected chi connectivity index (χ4v) is 2.71. The Morgan fingerprint density at radius 2 is 2.11 bits per heavy atom. The molecule has 18 heavy (non-hydrogen) atoms. The van der Waals surface area contributed by atoms with Crippen molar-refractivity contribution in [3.8, 4) is 11.5 Å². The molecule has 0 spiro atoms. The van der Waals surface area contributed by atoms with E-state index in [1.54, 1.807) is 7.11 Å². The Bertz CT molecular complexity index is 422. The minimum absolute atomic E-state index is 0.327. The van der Waals surface area contributed by atoms with E-state index in [9.17, 15) is 0 Å². The predicted molar refractivity (Wildman–Crippen MR) is 69.2 cm³/mol. The van der Waals surface area contributed by atoms with Crippen molar-refractivity contribution in [2.24, 2.45) is 0 Å². The van der Waals surface area contributed by atoms with E-state index < -0.39 is 0 Å². The number of rotatable bonds is 3. The smallest absolute Gasteiger partial charge is 0.231 e. The van der Waals surface area contributed by atoms with Gasteiger partial charge in [0.2, 0.25) is 6.79 Å². The van der Waals surface area contributed by atoms with Crippen LogP contribution < -0.4 is 14.8 Å². The third-order valence-electron chi connectivity index (χ3n) is 3.70. The second-order valence-corrected chi connectivity index (χ2v) is 4.93. The number of fused-ring (bicyclic) bond motifs is 1. The van der Waals surface area contributed by atoms with Gasteiger partial charge in [0.1, 0.15) is 0 Å². The maximum Gasteiger partial charge on any atom is 0.231 e. The number of nitrogens with one attached hydrogen (secondary N) is 1. The van der Waals surface area contributed by atoms with Crippen LogP contribution in [0.15, 0.2) is 18.2 Å². The summed E-state index contributed by atoms with van der Waals surface area (Å²) in [5, 5.41) is 3.56. The van der Waals surface area contributed by atoms with Crippen LogP contribution in [-0.4, -0.2) is 26.0 Å². The SMILES string of the molecule is COC1CCCC(Nc2ccc3c(c2)OCO3)C1. The highest BCUT2D eigenvalue weighted by atomic mass is 16.7. The molecule has 2 atom stereocenters. The minimum Gasteiger partial charge on any atom is -0.454 e. The lowest BCUT2D eigenvalue weighted by atomic mass is 9.92. The van der Waals surface area contributed by atoms with Crippen LogP contribution in [0.4, 0.5) is 5.69 Å². The zero-order chi connectivity index (χ0) is 12.4. The first-order chi connectivity index (χ1) is 8.85. The van der Waals surface area contributed by atoms with Gasteiger partial charge in [0, 0.05) is 24.9 Å². The average Bonchev–Trinajstić information content (AvgIpc) is 2.86. The van der Waals surface area contributed by atoms with E-state index in [1.807, 2.05) is 18.2 Å². The normalized spacial score (nSPS) is 26.1. The van der Waals surface area contributed by atoms with Gasteiger partial charge >= 0.3 is 0 Å². The fourth-order valence-electron chi connectivity index (χ4n) is 2.71. The molecule has 2 aliphatic rings. The Morgan fingerprint density at radius 1 is 1.22 bits per heavy atom.